The molecule has 3 heterocycles. The van der Waals surface area contributed by atoms with Gasteiger partial charge in [0.25, 0.3) is 5.91 Å². The van der Waals surface area contributed by atoms with Gasteiger partial charge in [-0.05, 0) is 47.0 Å². The Balaban J connectivity index is 1.15. The van der Waals surface area contributed by atoms with Crippen LogP contribution in [0.25, 0.3) is 6.08 Å². The van der Waals surface area contributed by atoms with Crippen LogP contribution >= 0.6 is 0 Å². The number of rotatable bonds is 5. The number of hydrogen-bond acceptors (Lipinski definition) is 7. The number of nitrogens with zero attached hydrogens (tertiary/aromatic N) is 1. The Hall–Kier alpha value is -4.79. The molecule has 9 heteroatoms. The standard InChI is InChI=1S/C28H21NO8/c30-26(29-13-18-4-2-1-3-17(18)11-21(29)28(32)33)14-34-19-6-7-20-23(12-19)37-25(27(20)31)10-16-5-8-22-24(9-16)36-15-35-22/h1-10,12,21H,11,13-15H2,(H,32,33). The second-order valence-electron chi connectivity index (χ2n) is 8.85. The molecule has 0 aliphatic carbocycles. The average molecular weight is 499 g/mol. The molecule has 0 fully saturated rings. The third-order valence-electron chi connectivity index (χ3n) is 6.55. The minimum atomic E-state index is -1.06. The minimum absolute atomic E-state index is 0.151. The lowest BCUT2D eigenvalue weighted by Gasteiger charge is -2.34. The van der Waals surface area contributed by atoms with Crippen molar-refractivity contribution in [1.29, 1.82) is 0 Å². The van der Waals surface area contributed by atoms with Crippen LogP contribution in [0, 0.1) is 0 Å². The van der Waals surface area contributed by atoms with Gasteiger partial charge in [-0.1, -0.05) is 30.3 Å². The Bertz CT molecular complexity index is 1480. The molecule has 0 spiro atoms. The van der Waals surface area contributed by atoms with Crippen LogP contribution in [0.4, 0.5) is 0 Å². The smallest absolute Gasteiger partial charge is 0.326 e. The van der Waals surface area contributed by atoms with Gasteiger partial charge >= 0.3 is 5.97 Å². The Morgan fingerprint density at radius 2 is 1.81 bits per heavy atom. The minimum Gasteiger partial charge on any atom is -0.484 e. The number of allylic oxidation sites excluding steroid dienone is 1. The van der Waals surface area contributed by atoms with Gasteiger partial charge < -0.3 is 29.0 Å². The van der Waals surface area contributed by atoms with Crippen molar-refractivity contribution < 1.29 is 38.4 Å². The predicted octanol–water partition coefficient (Wildman–Crippen LogP) is 3.45. The number of amides is 1. The summed E-state index contributed by atoms with van der Waals surface area (Å²) in [6.07, 6.45) is 1.86. The maximum atomic E-state index is 12.9. The van der Waals surface area contributed by atoms with E-state index in [1.807, 2.05) is 24.3 Å². The van der Waals surface area contributed by atoms with E-state index in [0.717, 1.165) is 16.7 Å². The molecule has 0 saturated heterocycles. The molecule has 1 atom stereocenters. The van der Waals surface area contributed by atoms with Gasteiger partial charge in [0, 0.05) is 19.0 Å². The van der Waals surface area contributed by atoms with Crippen molar-refractivity contribution in [2.75, 3.05) is 13.4 Å². The van der Waals surface area contributed by atoms with Gasteiger partial charge in [-0.15, -0.1) is 0 Å². The Morgan fingerprint density at radius 3 is 2.65 bits per heavy atom. The number of carbonyl (C=O) groups is 3. The highest BCUT2D eigenvalue weighted by atomic mass is 16.7. The zero-order chi connectivity index (χ0) is 25.5. The van der Waals surface area contributed by atoms with Crippen molar-refractivity contribution in [2.45, 2.75) is 19.0 Å². The largest absolute Gasteiger partial charge is 0.484 e. The number of carboxylic acid groups (broad SMARTS) is 1. The summed E-state index contributed by atoms with van der Waals surface area (Å²) in [4.78, 5) is 38.9. The van der Waals surface area contributed by atoms with Crippen LogP contribution in [0.1, 0.15) is 27.0 Å². The summed E-state index contributed by atoms with van der Waals surface area (Å²) in [7, 11) is 0. The highest BCUT2D eigenvalue weighted by molar-refractivity contribution is 6.14. The summed E-state index contributed by atoms with van der Waals surface area (Å²) in [5.41, 5.74) is 2.94. The highest BCUT2D eigenvalue weighted by Crippen LogP contribution is 2.37. The monoisotopic (exact) mass is 499 g/mol. The first-order chi connectivity index (χ1) is 18.0. The molecule has 3 aromatic rings. The highest BCUT2D eigenvalue weighted by Gasteiger charge is 2.35. The summed E-state index contributed by atoms with van der Waals surface area (Å²) in [6, 6.07) is 16.5. The molecule has 0 aromatic heterocycles. The lowest BCUT2D eigenvalue weighted by molar-refractivity contribution is -0.152. The molecular formula is C28H21NO8. The number of fused-ring (bicyclic) bond motifs is 3. The van der Waals surface area contributed by atoms with Crippen LogP contribution in [0.3, 0.4) is 0 Å². The summed E-state index contributed by atoms with van der Waals surface area (Å²) in [5, 5.41) is 9.67. The number of ether oxygens (including phenoxy) is 4. The molecule has 0 saturated carbocycles. The quantitative estimate of drug-likeness (QED) is 0.532. The van der Waals surface area contributed by atoms with Gasteiger partial charge in [0.05, 0.1) is 5.56 Å². The first-order valence-electron chi connectivity index (χ1n) is 11.7. The van der Waals surface area contributed by atoms with Crippen LogP contribution in [-0.2, 0) is 22.6 Å². The van der Waals surface area contributed by atoms with Crippen molar-refractivity contribution in [3.05, 3.63) is 88.7 Å². The average Bonchev–Trinajstić information content (AvgIpc) is 3.50. The maximum absolute atomic E-state index is 12.9. The molecule has 37 heavy (non-hydrogen) atoms. The number of hydrogen-bond donors (Lipinski definition) is 1. The van der Waals surface area contributed by atoms with E-state index in [0.29, 0.717) is 28.6 Å². The molecule has 1 amide bonds. The molecule has 9 nitrogen and oxygen atoms in total. The van der Waals surface area contributed by atoms with E-state index < -0.39 is 17.9 Å². The fourth-order valence-corrected chi connectivity index (χ4v) is 4.64. The summed E-state index contributed by atoms with van der Waals surface area (Å²) < 4.78 is 22.1. The number of ketones is 1. The lowest BCUT2D eigenvalue weighted by atomic mass is 9.94. The molecule has 6 rings (SSSR count). The van der Waals surface area contributed by atoms with Crippen LogP contribution in [-0.4, -0.2) is 47.1 Å². The van der Waals surface area contributed by atoms with Crippen LogP contribution < -0.4 is 18.9 Å². The number of Topliss-reactive ketones (excluding diaryl/α,β-unsaturated/α-hetero) is 1. The topological polar surface area (TPSA) is 112 Å². The molecule has 186 valence electrons. The van der Waals surface area contributed by atoms with Gasteiger partial charge in [-0.2, -0.15) is 0 Å². The predicted molar refractivity (Wildman–Crippen MR) is 130 cm³/mol. The Kier molecular flexibility index (Phi) is 5.52. The molecular weight excluding hydrogens is 478 g/mol. The Morgan fingerprint density at radius 1 is 1.00 bits per heavy atom. The summed E-state index contributed by atoms with van der Waals surface area (Å²) in [6.45, 7) is 0.00719. The maximum Gasteiger partial charge on any atom is 0.326 e. The Labute approximate surface area is 211 Å². The van der Waals surface area contributed by atoms with Crippen molar-refractivity contribution in [1.82, 2.24) is 4.90 Å². The van der Waals surface area contributed by atoms with Gasteiger partial charge in [-0.25, -0.2) is 4.79 Å². The molecule has 1 N–H and O–H groups in total. The van der Waals surface area contributed by atoms with E-state index in [-0.39, 0.29) is 37.9 Å². The van der Waals surface area contributed by atoms with E-state index in [2.05, 4.69) is 0 Å². The second kappa shape index (κ2) is 9.02. The summed E-state index contributed by atoms with van der Waals surface area (Å²) >= 11 is 0. The van der Waals surface area contributed by atoms with Crippen molar-refractivity contribution >= 4 is 23.7 Å². The van der Waals surface area contributed by atoms with Gasteiger partial charge in [0.2, 0.25) is 12.6 Å². The van der Waals surface area contributed by atoms with Crippen molar-refractivity contribution in [3.63, 3.8) is 0 Å². The SMILES string of the molecule is O=C1C(=Cc2ccc3c(c2)OCO3)Oc2cc(OCC(=O)N3Cc4ccccc4CC3C(=O)O)ccc21. The van der Waals surface area contributed by atoms with E-state index in [4.69, 9.17) is 18.9 Å². The molecule has 0 bridgehead atoms. The van der Waals surface area contributed by atoms with Crippen LogP contribution in [0.15, 0.2) is 66.4 Å². The third-order valence-corrected chi connectivity index (χ3v) is 6.55. The number of carboxylic acids is 1. The molecule has 3 aliphatic rings. The molecule has 3 aromatic carbocycles. The summed E-state index contributed by atoms with van der Waals surface area (Å²) in [5.74, 6) is 0.261. The molecule has 3 aliphatic heterocycles. The van der Waals surface area contributed by atoms with Gasteiger partial charge in [-0.3, -0.25) is 9.59 Å². The van der Waals surface area contributed by atoms with Crippen molar-refractivity contribution in [2.24, 2.45) is 0 Å². The van der Waals surface area contributed by atoms with E-state index in [1.165, 1.54) is 4.90 Å². The zero-order valence-electron chi connectivity index (χ0n) is 19.5. The van der Waals surface area contributed by atoms with E-state index >= 15 is 0 Å². The zero-order valence-corrected chi connectivity index (χ0v) is 19.5. The van der Waals surface area contributed by atoms with E-state index in [1.54, 1.807) is 42.5 Å². The lowest BCUT2D eigenvalue weighted by Crippen LogP contribution is -2.50. The van der Waals surface area contributed by atoms with Gasteiger partial charge in [0.1, 0.15) is 17.5 Å². The van der Waals surface area contributed by atoms with Crippen LogP contribution in [0.2, 0.25) is 0 Å². The van der Waals surface area contributed by atoms with Crippen molar-refractivity contribution in [3.8, 4) is 23.0 Å². The normalized spacial score (nSPS) is 18.3. The van der Waals surface area contributed by atoms with Gasteiger partial charge in [0.15, 0.2) is 23.9 Å². The fourth-order valence-electron chi connectivity index (χ4n) is 4.64. The first kappa shape index (κ1) is 22.7. The molecule has 1 unspecified atom stereocenters. The second-order valence-corrected chi connectivity index (χ2v) is 8.85. The number of carbonyl (C=O) groups excluding carboxylic acids is 2. The first-order valence-corrected chi connectivity index (χ1v) is 11.7. The number of aliphatic carboxylic acids is 1. The van der Waals surface area contributed by atoms with E-state index in [9.17, 15) is 19.5 Å². The fraction of sp³-hybridized carbons (Fsp3) is 0.179. The van der Waals surface area contributed by atoms with Crippen LogP contribution in [0.5, 0.6) is 23.0 Å². The molecule has 0 radical (unpaired) electrons. The number of benzene rings is 3. The third kappa shape index (κ3) is 4.24.